The van der Waals surface area contributed by atoms with Gasteiger partial charge >= 0.3 is 0 Å². The van der Waals surface area contributed by atoms with Crippen LogP contribution in [0.25, 0.3) is 11.0 Å². The molecule has 0 aliphatic carbocycles. The molecule has 0 bridgehead atoms. The lowest BCUT2D eigenvalue weighted by molar-refractivity contribution is 0.122. The highest BCUT2D eigenvalue weighted by Crippen LogP contribution is 2.23. The predicted molar refractivity (Wildman–Crippen MR) is 96.5 cm³/mol. The first-order chi connectivity index (χ1) is 12.3. The summed E-state index contributed by atoms with van der Waals surface area (Å²) in [5, 5.41) is 4.60. The standard InChI is InChI=1S/C19H22N4O2/c1-14(18-10-16-4-2-3-5-17(16)25-18)20-11-15-12-21-19(22-13-15)23-6-8-24-9-7-23/h2-5,10,12-14,20H,6-9,11H2,1H3/t14-/m0/s1. The zero-order valence-corrected chi connectivity index (χ0v) is 14.3. The topological polar surface area (TPSA) is 63.4 Å². The van der Waals surface area contributed by atoms with Gasteiger partial charge in [-0.05, 0) is 19.1 Å². The fourth-order valence-corrected chi connectivity index (χ4v) is 2.95. The molecule has 0 radical (unpaired) electrons. The molecule has 0 unspecified atom stereocenters. The number of hydrogen-bond donors (Lipinski definition) is 1. The monoisotopic (exact) mass is 338 g/mol. The number of benzene rings is 1. The summed E-state index contributed by atoms with van der Waals surface area (Å²) in [7, 11) is 0. The Balaban J connectivity index is 1.37. The van der Waals surface area contributed by atoms with Crippen molar-refractivity contribution in [1.29, 1.82) is 0 Å². The van der Waals surface area contributed by atoms with Crippen LogP contribution in [0.2, 0.25) is 0 Å². The third-order valence-corrected chi connectivity index (χ3v) is 4.47. The van der Waals surface area contributed by atoms with Gasteiger partial charge in [-0.3, -0.25) is 0 Å². The Hall–Kier alpha value is -2.44. The van der Waals surface area contributed by atoms with E-state index in [2.05, 4.69) is 39.2 Å². The average molecular weight is 338 g/mol. The summed E-state index contributed by atoms with van der Waals surface area (Å²) in [4.78, 5) is 11.1. The number of rotatable bonds is 5. The van der Waals surface area contributed by atoms with Crippen molar-refractivity contribution in [2.24, 2.45) is 0 Å². The van der Waals surface area contributed by atoms with Crippen LogP contribution in [-0.4, -0.2) is 36.3 Å². The van der Waals surface area contributed by atoms with Gasteiger partial charge in [0.1, 0.15) is 11.3 Å². The number of morpholine rings is 1. The molecular formula is C19H22N4O2. The SMILES string of the molecule is C[C@H](NCc1cnc(N2CCOCC2)nc1)c1cc2ccccc2o1. The Labute approximate surface area is 146 Å². The molecule has 0 spiro atoms. The van der Waals surface area contributed by atoms with Crippen LogP contribution in [0, 0.1) is 0 Å². The highest BCUT2D eigenvalue weighted by Gasteiger charge is 2.14. The van der Waals surface area contributed by atoms with Gasteiger partial charge in [-0.25, -0.2) is 9.97 Å². The molecule has 1 N–H and O–H groups in total. The first-order valence-corrected chi connectivity index (χ1v) is 8.65. The van der Waals surface area contributed by atoms with Crippen molar-refractivity contribution < 1.29 is 9.15 Å². The van der Waals surface area contributed by atoms with Gasteiger partial charge in [0.25, 0.3) is 0 Å². The third-order valence-electron chi connectivity index (χ3n) is 4.47. The van der Waals surface area contributed by atoms with Crippen LogP contribution in [0.1, 0.15) is 24.3 Å². The van der Waals surface area contributed by atoms with Crippen molar-refractivity contribution in [3.63, 3.8) is 0 Å². The molecule has 25 heavy (non-hydrogen) atoms. The smallest absolute Gasteiger partial charge is 0.225 e. The van der Waals surface area contributed by atoms with E-state index in [0.29, 0.717) is 6.54 Å². The van der Waals surface area contributed by atoms with Crippen LogP contribution in [0.3, 0.4) is 0 Å². The van der Waals surface area contributed by atoms with Crippen molar-refractivity contribution >= 4 is 16.9 Å². The van der Waals surface area contributed by atoms with Crippen molar-refractivity contribution in [1.82, 2.24) is 15.3 Å². The van der Waals surface area contributed by atoms with E-state index >= 15 is 0 Å². The first-order valence-electron chi connectivity index (χ1n) is 8.65. The average Bonchev–Trinajstić information content (AvgIpc) is 3.11. The van der Waals surface area contributed by atoms with Crippen molar-refractivity contribution in [2.75, 3.05) is 31.2 Å². The first kappa shape index (κ1) is 16.1. The second kappa shape index (κ2) is 7.21. The minimum absolute atomic E-state index is 0.117. The molecule has 3 aromatic rings. The molecule has 0 amide bonds. The van der Waals surface area contributed by atoms with Gasteiger partial charge in [0.2, 0.25) is 5.95 Å². The molecule has 1 aliphatic heterocycles. The summed E-state index contributed by atoms with van der Waals surface area (Å²) in [5.41, 5.74) is 1.98. The van der Waals surface area contributed by atoms with E-state index in [0.717, 1.165) is 54.5 Å². The van der Waals surface area contributed by atoms with Gasteiger partial charge in [0.15, 0.2) is 0 Å². The quantitative estimate of drug-likeness (QED) is 0.772. The highest BCUT2D eigenvalue weighted by atomic mass is 16.5. The molecule has 3 heterocycles. The molecule has 6 nitrogen and oxygen atoms in total. The van der Waals surface area contributed by atoms with Crippen LogP contribution < -0.4 is 10.2 Å². The summed E-state index contributed by atoms with van der Waals surface area (Å²) >= 11 is 0. The molecule has 6 heteroatoms. The van der Waals surface area contributed by atoms with E-state index in [-0.39, 0.29) is 6.04 Å². The zero-order valence-electron chi connectivity index (χ0n) is 14.3. The molecule has 1 saturated heterocycles. The summed E-state index contributed by atoms with van der Waals surface area (Å²) in [6, 6.07) is 10.3. The van der Waals surface area contributed by atoms with Gasteiger partial charge in [-0.15, -0.1) is 0 Å². The number of nitrogens with zero attached hydrogens (tertiary/aromatic N) is 3. The molecule has 1 fully saturated rings. The summed E-state index contributed by atoms with van der Waals surface area (Å²) in [6.07, 6.45) is 3.77. The van der Waals surface area contributed by atoms with E-state index in [1.807, 2.05) is 30.6 Å². The molecule has 4 rings (SSSR count). The Morgan fingerprint density at radius 2 is 1.92 bits per heavy atom. The lowest BCUT2D eigenvalue weighted by Crippen LogP contribution is -2.37. The van der Waals surface area contributed by atoms with Crippen LogP contribution in [0.15, 0.2) is 47.1 Å². The number of furan rings is 1. The molecule has 0 saturated carbocycles. The largest absolute Gasteiger partial charge is 0.459 e. The van der Waals surface area contributed by atoms with E-state index < -0.39 is 0 Å². The maximum Gasteiger partial charge on any atom is 0.225 e. The van der Waals surface area contributed by atoms with E-state index in [1.165, 1.54) is 0 Å². The second-order valence-corrected chi connectivity index (χ2v) is 6.28. The predicted octanol–water partition coefficient (Wildman–Crippen LogP) is 2.91. The maximum absolute atomic E-state index is 5.90. The molecular weight excluding hydrogens is 316 g/mol. The number of anilines is 1. The number of hydrogen-bond acceptors (Lipinski definition) is 6. The molecule has 1 aliphatic rings. The molecule has 1 atom stereocenters. The van der Waals surface area contributed by atoms with Gasteiger partial charge in [-0.2, -0.15) is 0 Å². The summed E-state index contributed by atoms with van der Waals surface area (Å²) in [5.74, 6) is 1.71. The Kier molecular flexibility index (Phi) is 4.63. The highest BCUT2D eigenvalue weighted by molar-refractivity contribution is 5.77. The van der Waals surface area contributed by atoms with E-state index in [4.69, 9.17) is 9.15 Å². The number of aromatic nitrogens is 2. The maximum atomic E-state index is 5.90. The third kappa shape index (κ3) is 3.65. The number of para-hydroxylation sites is 1. The van der Waals surface area contributed by atoms with Crippen LogP contribution in [0.5, 0.6) is 0 Å². The van der Waals surface area contributed by atoms with Gasteiger partial charge in [0, 0.05) is 43.0 Å². The molecule has 1 aromatic carbocycles. The number of nitrogens with one attached hydrogen (secondary N) is 1. The normalized spacial score (nSPS) is 16.3. The van der Waals surface area contributed by atoms with Gasteiger partial charge in [-0.1, -0.05) is 18.2 Å². The van der Waals surface area contributed by atoms with E-state index in [1.54, 1.807) is 0 Å². The Bertz CT molecular complexity index is 792. The van der Waals surface area contributed by atoms with Crippen LogP contribution >= 0.6 is 0 Å². The molecule has 2 aromatic heterocycles. The lowest BCUT2D eigenvalue weighted by atomic mass is 10.2. The van der Waals surface area contributed by atoms with Crippen molar-refractivity contribution in [3.05, 3.63) is 54.0 Å². The van der Waals surface area contributed by atoms with Crippen LogP contribution in [0.4, 0.5) is 5.95 Å². The minimum Gasteiger partial charge on any atom is -0.459 e. The second-order valence-electron chi connectivity index (χ2n) is 6.28. The Morgan fingerprint density at radius 3 is 2.68 bits per heavy atom. The molecule has 130 valence electrons. The number of ether oxygens (including phenoxy) is 1. The zero-order chi connectivity index (χ0) is 17.1. The van der Waals surface area contributed by atoms with Crippen molar-refractivity contribution in [2.45, 2.75) is 19.5 Å². The van der Waals surface area contributed by atoms with Crippen LogP contribution in [-0.2, 0) is 11.3 Å². The summed E-state index contributed by atoms with van der Waals surface area (Å²) < 4.78 is 11.3. The minimum atomic E-state index is 0.117. The fourth-order valence-electron chi connectivity index (χ4n) is 2.95. The number of fused-ring (bicyclic) bond motifs is 1. The summed E-state index contributed by atoms with van der Waals surface area (Å²) in [6.45, 7) is 5.97. The lowest BCUT2D eigenvalue weighted by Gasteiger charge is -2.26. The fraction of sp³-hybridized carbons (Fsp3) is 0.368. The van der Waals surface area contributed by atoms with Crippen molar-refractivity contribution in [3.8, 4) is 0 Å². The van der Waals surface area contributed by atoms with Gasteiger partial charge in [0.05, 0.1) is 19.3 Å². The van der Waals surface area contributed by atoms with E-state index in [9.17, 15) is 0 Å². The Morgan fingerprint density at radius 1 is 1.16 bits per heavy atom. The van der Waals surface area contributed by atoms with Gasteiger partial charge < -0.3 is 19.4 Å².